The second-order valence-electron chi connectivity index (χ2n) is 4.20. The third kappa shape index (κ3) is 2.94. The van der Waals surface area contributed by atoms with E-state index in [0.29, 0.717) is 0 Å². The Labute approximate surface area is 104 Å². The van der Waals surface area contributed by atoms with Crippen molar-refractivity contribution in [2.75, 3.05) is 23.3 Å². The monoisotopic (exact) mass is 288 g/mol. The van der Waals surface area contributed by atoms with Crippen LogP contribution in [0.3, 0.4) is 0 Å². The van der Waals surface area contributed by atoms with Crippen LogP contribution in [0.2, 0.25) is 0 Å². The van der Waals surface area contributed by atoms with Gasteiger partial charge in [-0.15, -0.1) is 11.3 Å². The first-order valence-electron chi connectivity index (χ1n) is 5.52. The Morgan fingerprint density at radius 3 is 3.20 bits per heavy atom. The van der Waals surface area contributed by atoms with Gasteiger partial charge in [-0.2, -0.15) is 0 Å². The first kappa shape index (κ1) is 11.4. The zero-order valence-electron chi connectivity index (χ0n) is 9.08. The standard InChI is InChI=1S/C11H17BrN2S/c1-9-8-15-11(13-9)14-6-2-3-10(7-14)4-5-12/h8,10H,2-7H2,1H3. The molecule has 0 saturated carbocycles. The number of piperidine rings is 1. The number of thiazole rings is 1. The van der Waals surface area contributed by atoms with Gasteiger partial charge in [-0.3, -0.25) is 0 Å². The van der Waals surface area contributed by atoms with E-state index in [1.54, 1.807) is 11.3 Å². The Hall–Kier alpha value is -0.0900. The summed E-state index contributed by atoms with van der Waals surface area (Å²) in [6.45, 7) is 4.45. The van der Waals surface area contributed by atoms with Gasteiger partial charge < -0.3 is 4.90 Å². The molecule has 1 saturated heterocycles. The van der Waals surface area contributed by atoms with Crippen molar-refractivity contribution in [3.63, 3.8) is 0 Å². The Kier molecular flexibility index (Phi) is 4.03. The molecule has 1 aromatic rings. The summed E-state index contributed by atoms with van der Waals surface area (Å²) in [7, 11) is 0. The van der Waals surface area contributed by atoms with Gasteiger partial charge in [0.25, 0.3) is 0 Å². The van der Waals surface area contributed by atoms with Crippen LogP contribution in [0.25, 0.3) is 0 Å². The van der Waals surface area contributed by atoms with Gasteiger partial charge in [-0.1, -0.05) is 15.9 Å². The maximum atomic E-state index is 4.56. The molecule has 1 unspecified atom stereocenters. The number of alkyl halides is 1. The summed E-state index contributed by atoms with van der Waals surface area (Å²) in [4.78, 5) is 7.01. The van der Waals surface area contributed by atoms with Crippen LogP contribution >= 0.6 is 27.3 Å². The number of rotatable bonds is 3. The van der Waals surface area contributed by atoms with Crippen LogP contribution in [0.5, 0.6) is 0 Å². The van der Waals surface area contributed by atoms with Gasteiger partial charge in [0.05, 0.1) is 5.69 Å². The third-order valence-corrected chi connectivity index (χ3v) is 4.39. The second kappa shape index (κ2) is 5.30. The van der Waals surface area contributed by atoms with Crippen LogP contribution < -0.4 is 4.90 Å². The van der Waals surface area contributed by atoms with Crippen LogP contribution in [0.4, 0.5) is 5.13 Å². The molecule has 1 aliphatic heterocycles. The van der Waals surface area contributed by atoms with E-state index in [4.69, 9.17) is 0 Å². The Morgan fingerprint density at radius 1 is 1.67 bits per heavy atom. The van der Waals surface area contributed by atoms with Crippen molar-refractivity contribution in [2.45, 2.75) is 26.2 Å². The second-order valence-corrected chi connectivity index (χ2v) is 5.83. The molecule has 0 amide bonds. The minimum Gasteiger partial charge on any atom is -0.348 e. The summed E-state index contributed by atoms with van der Waals surface area (Å²) in [5, 5.41) is 4.48. The lowest BCUT2D eigenvalue weighted by Crippen LogP contribution is -2.35. The molecule has 4 heteroatoms. The number of anilines is 1. The molecule has 2 nitrogen and oxygen atoms in total. The van der Waals surface area contributed by atoms with Crippen LogP contribution in [-0.4, -0.2) is 23.4 Å². The molecule has 1 aliphatic rings. The van der Waals surface area contributed by atoms with Crippen molar-refractivity contribution in [3.8, 4) is 0 Å². The van der Waals surface area contributed by atoms with Crippen LogP contribution in [0.15, 0.2) is 5.38 Å². The molecule has 0 aromatic carbocycles. The molecule has 0 N–H and O–H groups in total. The number of aryl methyl sites for hydroxylation is 1. The van der Waals surface area contributed by atoms with Crippen LogP contribution in [-0.2, 0) is 0 Å². The average Bonchev–Trinajstić information content (AvgIpc) is 2.66. The highest BCUT2D eigenvalue weighted by Gasteiger charge is 2.21. The third-order valence-electron chi connectivity index (χ3n) is 2.91. The van der Waals surface area contributed by atoms with E-state index in [2.05, 4.69) is 38.1 Å². The molecule has 1 aromatic heterocycles. The first-order chi connectivity index (χ1) is 7.29. The van der Waals surface area contributed by atoms with Gasteiger partial charge in [-0.05, 0) is 32.1 Å². The van der Waals surface area contributed by atoms with E-state index in [9.17, 15) is 0 Å². The lowest BCUT2D eigenvalue weighted by molar-refractivity contribution is 0.407. The van der Waals surface area contributed by atoms with Gasteiger partial charge >= 0.3 is 0 Å². The molecular formula is C11H17BrN2S. The zero-order valence-corrected chi connectivity index (χ0v) is 11.5. The Morgan fingerprint density at radius 2 is 2.53 bits per heavy atom. The maximum absolute atomic E-state index is 4.56. The average molecular weight is 289 g/mol. The summed E-state index contributed by atoms with van der Waals surface area (Å²) >= 11 is 5.31. The van der Waals surface area contributed by atoms with Gasteiger partial charge in [0, 0.05) is 23.8 Å². The van der Waals surface area contributed by atoms with E-state index in [-0.39, 0.29) is 0 Å². The van der Waals surface area contributed by atoms with Crippen molar-refractivity contribution in [1.29, 1.82) is 0 Å². The fraction of sp³-hybridized carbons (Fsp3) is 0.727. The van der Waals surface area contributed by atoms with Crippen molar-refractivity contribution >= 4 is 32.4 Å². The molecule has 0 aliphatic carbocycles. The summed E-state index contributed by atoms with van der Waals surface area (Å²) < 4.78 is 0. The number of halogens is 1. The molecule has 1 fully saturated rings. The normalized spacial score (nSPS) is 22.0. The van der Waals surface area contributed by atoms with Crippen molar-refractivity contribution in [2.24, 2.45) is 5.92 Å². The minimum atomic E-state index is 0.849. The van der Waals surface area contributed by atoms with E-state index < -0.39 is 0 Å². The highest BCUT2D eigenvalue weighted by Crippen LogP contribution is 2.27. The summed E-state index contributed by atoms with van der Waals surface area (Å²) in [6, 6.07) is 0. The topological polar surface area (TPSA) is 16.1 Å². The molecule has 0 bridgehead atoms. The summed E-state index contributed by atoms with van der Waals surface area (Å²) in [5.74, 6) is 0.849. The minimum absolute atomic E-state index is 0.849. The van der Waals surface area contributed by atoms with E-state index in [1.807, 2.05) is 0 Å². The highest BCUT2D eigenvalue weighted by molar-refractivity contribution is 9.09. The SMILES string of the molecule is Cc1csc(N2CCCC(CCBr)C2)n1. The van der Waals surface area contributed by atoms with Crippen molar-refractivity contribution in [3.05, 3.63) is 11.1 Å². The highest BCUT2D eigenvalue weighted by atomic mass is 79.9. The Balaban J connectivity index is 1.98. The lowest BCUT2D eigenvalue weighted by Gasteiger charge is -2.32. The number of nitrogens with zero attached hydrogens (tertiary/aromatic N) is 2. The van der Waals surface area contributed by atoms with Crippen molar-refractivity contribution in [1.82, 2.24) is 4.98 Å². The molecule has 84 valence electrons. The van der Waals surface area contributed by atoms with Crippen molar-refractivity contribution < 1.29 is 0 Å². The first-order valence-corrected chi connectivity index (χ1v) is 7.52. The number of aromatic nitrogens is 1. The van der Waals surface area contributed by atoms with Gasteiger partial charge in [0.15, 0.2) is 5.13 Å². The molecule has 15 heavy (non-hydrogen) atoms. The molecule has 1 atom stereocenters. The lowest BCUT2D eigenvalue weighted by atomic mass is 9.96. The van der Waals surface area contributed by atoms with E-state index in [0.717, 1.165) is 16.9 Å². The Bertz CT molecular complexity index is 311. The fourth-order valence-corrected chi connectivity index (χ4v) is 3.60. The van der Waals surface area contributed by atoms with Crippen LogP contribution in [0, 0.1) is 12.8 Å². The van der Waals surface area contributed by atoms with E-state index >= 15 is 0 Å². The summed E-state index contributed by atoms with van der Waals surface area (Å²) in [6.07, 6.45) is 3.99. The number of hydrogen-bond donors (Lipinski definition) is 0. The largest absolute Gasteiger partial charge is 0.348 e. The number of hydrogen-bond acceptors (Lipinski definition) is 3. The maximum Gasteiger partial charge on any atom is 0.185 e. The molecule has 0 spiro atoms. The van der Waals surface area contributed by atoms with Gasteiger partial charge in [-0.25, -0.2) is 4.98 Å². The quantitative estimate of drug-likeness (QED) is 0.792. The zero-order chi connectivity index (χ0) is 10.7. The molecular weight excluding hydrogens is 272 g/mol. The predicted octanol–water partition coefficient (Wildman–Crippen LogP) is 3.45. The van der Waals surface area contributed by atoms with Gasteiger partial charge in [0.1, 0.15) is 0 Å². The molecule has 2 rings (SSSR count). The van der Waals surface area contributed by atoms with E-state index in [1.165, 1.54) is 37.5 Å². The van der Waals surface area contributed by atoms with Gasteiger partial charge in [0.2, 0.25) is 0 Å². The predicted molar refractivity (Wildman–Crippen MR) is 70.2 cm³/mol. The summed E-state index contributed by atoms with van der Waals surface area (Å²) in [5.41, 5.74) is 1.15. The molecule has 0 radical (unpaired) electrons. The smallest absolute Gasteiger partial charge is 0.185 e. The fourth-order valence-electron chi connectivity index (χ4n) is 2.12. The molecule has 2 heterocycles. The van der Waals surface area contributed by atoms with Crippen LogP contribution in [0.1, 0.15) is 25.0 Å².